The molecular weight excluding hydrogens is 437 g/mol. The van der Waals surface area contributed by atoms with Crippen molar-refractivity contribution < 1.29 is 31.0 Å². The summed E-state index contributed by atoms with van der Waals surface area (Å²) in [6.07, 6.45) is 3.31. The van der Waals surface area contributed by atoms with Crippen LogP contribution >= 0.6 is 0 Å². The van der Waals surface area contributed by atoms with Crippen LogP contribution in [0.5, 0.6) is 5.75 Å². The fraction of sp³-hybridized carbons (Fsp3) is 0.333. The molecule has 0 saturated carbocycles. The summed E-state index contributed by atoms with van der Waals surface area (Å²) < 4.78 is 43.1. The average molecular weight is 470 g/mol. The lowest BCUT2D eigenvalue weighted by molar-refractivity contribution is -0.137. The predicted octanol–water partition coefficient (Wildman–Crippen LogP) is 6.16. The molecule has 34 heavy (non-hydrogen) atoms. The Kier molecular flexibility index (Phi) is 7.85. The Morgan fingerprint density at radius 3 is 2.53 bits per heavy atom. The Balaban J connectivity index is 1.82. The summed E-state index contributed by atoms with van der Waals surface area (Å²) in [5.74, 6) is -1.29. The number of benzene rings is 2. The minimum atomic E-state index is -2.38. The van der Waals surface area contributed by atoms with E-state index < -0.39 is 30.2 Å². The van der Waals surface area contributed by atoms with Gasteiger partial charge in [0, 0.05) is 35.6 Å². The van der Waals surface area contributed by atoms with Crippen molar-refractivity contribution in [1.29, 1.82) is 0 Å². The van der Waals surface area contributed by atoms with Gasteiger partial charge in [0.05, 0.1) is 15.6 Å². The maximum atomic E-state index is 14.2. The molecule has 3 rings (SSSR count). The van der Waals surface area contributed by atoms with Gasteiger partial charge in [0.2, 0.25) is 0 Å². The summed E-state index contributed by atoms with van der Waals surface area (Å²) >= 11 is 0. The van der Waals surface area contributed by atoms with Crippen LogP contribution in [0.25, 0.3) is 11.3 Å². The van der Waals surface area contributed by atoms with E-state index in [0.29, 0.717) is 25.0 Å². The highest BCUT2D eigenvalue weighted by Crippen LogP contribution is 2.25. The number of hydrogen-bond acceptors (Lipinski definition) is 4. The van der Waals surface area contributed by atoms with Crippen LogP contribution < -0.4 is 4.74 Å². The third-order valence-corrected chi connectivity index (χ3v) is 5.15. The number of hydrogen-bond donors (Lipinski definition) is 1. The minimum absolute atomic E-state index is 0.0678. The molecule has 0 aliphatic carbocycles. The second-order valence-electron chi connectivity index (χ2n) is 8.13. The number of halogens is 1. The first-order chi connectivity index (χ1) is 17.1. The fourth-order valence-corrected chi connectivity index (χ4v) is 3.36. The largest absolute Gasteiger partial charge is 0.493 e. The van der Waals surface area contributed by atoms with E-state index in [1.807, 2.05) is 0 Å². The Morgan fingerprint density at radius 2 is 1.88 bits per heavy atom. The molecule has 3 aromatic rings. The van der Waals surface area contributed by atoms with Gasteiger partial charge in [-0.15, -0.1) is 0 Å². The average Bonchev–Trinajstić information content (AvgIpc) is 3.36. The first-order valence-corrected chi connectivity index (χ1v) is 11.2. The Bertz CT molecular complexity index is 1160. The van der Waals surface area contributed by atoms with Crippen molar-refractivity contribution in [2.45, 2.75) is 52.1 Å². The van der Waals surface area contributed by atoms with Gasteiger partial charge in [-0.25, -0.2) is 4.39 Å². The highest BCUT2D eigenvalue weighted by molar-refractivity contribution is 5.94. The van der Waals surface area contributed by atoms with Gasteiger partial charge >= 0.3 is 5.97 Å². The van der Waals surface area contributed by atoms with Gasteiger partial charge in [-0.2, -0.15) is 0 Å². The van der Waals surface area contributed by atoms with Crippen LogP contribution in [-0.2, 0) is 11.3 Å². The zero-order valence-electron chi connectivity index (χ0n) is 21.3. The number of ether oxygens (including phenoxy) is 1. The van der Waals surface area contributed by atoms with Crippen LogP contribution in [0.4, 0.5) is 4.39 Å². The molecule has 6 nitrogen and oxygen atoms in total. The third kappa shape index (κ3) is 6.94. The zero-order valence-corrected chi connectivity index (χ0v) is 19.3. The van der Waals surface area contributed by atoms with Crippen LogP contribution in [0.15, 0.2) is 65.3 Å². The molecule has 7 heteroatoms. The number of carbonyl (C=O) groups is 2. The van der Waals surface area contributed by atoms with E-state index in [4.69, 9.17) is 17.0 Å². The van der Waals surface area contributed by atoms with Gasteiger partial charge in [-0.05, 0) is 75.6 Å². The molecule has 0 radical (unpaired) electrons. The molecule has 1 amide bonds. The lowest BCUT2D eigenvalue weighted by Gasteiger charge is -2.28. The molecule has 0 aliphatic heterocycles. The summed E-state index contributed by atoms with van der Waals surface area (Å²) in [4.78, 5) is 25.2. The molecule has 0 aliphatic rings. The van der Waals surface area contributed by atoms with E-state index in [1.165, 1.54) is 12.1 Å². The van der Waals surface area contributed by atoms with Crippen LogP contribution in [-0.4, -0.2) is 34.5 Å². The molecule has 1 aromatic heterocycles. The van der Waals surface area contributed by atoms with Crippen molar-refractivity contribution in [2.75, 3.05) is 6.61 Å². The second-order valence-corrected chi connectivity index (χ2v) is 8.13. The summed E-state index contributed by atoms with van der Waals surface area (Å²) in [7, 11) is 0. The number of nitrogens with zero attached hydrogens (tertiary/aromatic N) is 1. The Labute approximate surface area is 201 Å². The van der Waals surface area contributed by atoms with E-state index in [-0.39, 0.29) is 29.9 Å². The quantitative estimate of drug-likeness (QED) is 0.321. The lowest BCUT2D eigenvalue weighted by atomic mass is 10.1. The van der Waals surface area contributed by atoms with Gasteiger partial charge in [-0.3, -0.25) is 9.59 Å². The first kappa shape index (κ1) is 22.2. The van der Waals surface area contributed by atoms with Crippen LogP contribution in [0.1, 0.15) is 58.2 Å². The summed E-state index contributed by atoms with van der Waals surface area (Å²) in [5, 5.41) is 8.74. The molecule has 0 bridgehead atoms. The Morgan fingerprint density at radius 1 is 1.12 bits per heavy atom. The molecule has 0 fully saturated rings. The fourth-order valence-electron chi connectivity index (χ4n) is 3.36. The minimum Gasteiger partial charge on any atom is -0.493 e. The van der Waals surface area contributed by atoms with Crippen molar-refractivity contribution in [3.8, 4) is 17.1 Å². The zero-order chi connectivity index (χ0) is 26.3. The number of carboxylic acids is 1. The summed E-state index contributed by atoms with van der Waals surface area (Å²) in [5.41, 5.74) is 0.960. The van der Waals surface area contributed by atoms with Gasteiger partial charge in [-0.1, -0.05) is 12.1 Å². The maximum Gasteiger partial charge on any atom is 0.303 e. The van der Waals surface area contributed by atoms with Gasteiger partial charge < -0.3 is 19.2 Å². The van der Waals surface area contributed by atoms with Crippen molar-refractivity contribution in [1.82, 2.24) is 4.90 Å². The smallest absolute Gasteiger partial charge is 0.303 e. The SMILES string of the molecule is [2H]C([2H])(c1cc(F)ccc1OCCCCCC(=O)O)N(C(=O)c1ccc(-c2ccco2)cc1)C(C)C. The van der Waals surface area contributed by atoms with Crippen molar-refractivity contribution in [3.05, 3.63) is 77.8 Å². The van der Waals surface area contributed by atoms with Crippen molar-refractivity contribution in [3.63, 3.8) is 0 Å². The number of carbonyl (C=O) groups excluding carboxylic acids is 1. The predicted molar refractivity (Wildman–Crippen MR) is 127 cm³/mol. The normalized spacial score (nSPS) is 12.2. The molecule has 1 heterocycles. The van der Waals surface area contributed by atoms with Crippen molar-refractivity contribution in [2.24, 2.45) is 0 Å². The molecule has 2 aromatic carbocycles. The van der Waals surface area contributed by atoms with Gasteiger partial charge in [0.15, 0.2) is 0 Å². The number of furan rings is 1. The Hall–Kier alpha value is -3.61. The van der Waals surface area contributed by atoms with E-state index in [2.05, 4.69) is 0 Å². The molecule has 1 N–H and O–H groups in total. The highest BCUT2D eigenvalue weighted by Gasteiger charge is 2.21. The molecule has 180 valence electrons. The number of rotatable bonds is 12. The molecule has 0 spiro atoms. The molecular formula is C27H30FNO5. The third-order valence-electron chi connectivity index (χ3n) is 5.15. The van der Waals surface area contributed by atoms with E-state index >= 15 is 0 Å². The lowest BCUT2D eigenvalue weighted by Crippen LogP contribution is -2.36. The molecule has 0 unspecified atom stereocenters. The highest BCUT2D eigenvalue weighted by atomic mass is 19.1. The maximum absolute atomic E-state index is 14.2. The van der Waals surface area contributed by atoms with E-state index in [9.17, 15) is 14.0 Å². The molecule has 0 atom stereocenters. The number of aliphatic carboxylic acids is 1. The second kappa shape index (κ2) is 12.0. The van der Waals surface area contributed by atoms with E-state index in [1.54, 1.807) is 56.5 Å². The molecule has 0 saturated heterocycles. The number of amides is 1. The number of unbranched alkanes of at least 4 members (excludes halogenated alkanes) is 2. The van der Waals surface area contributed by atoms with Crippen LogP contribution in [0.2, 0.25) is 0 Å². The van der Waals surface area contributed by atoms with E-state index in [0.717, 1.165) is 16.5 Å². The van der Waals surface area contributed by atoms with Crippen LogP contribution in [0, 0.1) is 5.82 Å². The monoisotopic (exact) mass is 469 g/mol. The van der Waals surface area contributed by atoms with Gasteiger partial charge in [0.25, 0.3) is 5.91 Å². The topological polar surface area (TPSA) is 80.0 Å². The summed E-state index contributed by atoms with van der Waals surface area (Å²) in [6.45, 7) is 1.20. The first-order valence-electron chi connectivity index (χ1n) is 12.2. The van der Waals surface area contributed by atoms with Crippen molar-refractivity contribution >= 4 is 11.9 Å². The number of carboxylic acid groups (broad SMARTS) is 1. The van der Waals surface area contributed by atoms with Crippen LogP contribution in [0.3, 0.4) is 0 Å². The summed E-state index contributed by atoms with van der Waals surface area (Å²) in [6, 6.07) is 13.2. The van der Waals surface area contributed by atoms with Gasteiger partial charge in [0.1, 0.15) is 17.3 Å². The standard InChI is InChI=1S/C27H30FNO5/c1-19(2)29(27(32)21-11-9-20(10-12-21)24-7-6-16-34-24)18-22-17-23(28)13-14-25(22)33-15-5-3-4-8-26(30)31/h6-7,9-14,16-17,19H,3-5,8,15,18H2,1-2H3,(H,30,31)/i18D2.